The number of hydrogen-bond acceptors (Lipinski definition) is 2. The summed E-state index contributed by atoms with van der Waals surface area (Å²) in [4.78, 5) is 0.451. The molecule has 154 valence electrons. The van der Waals surface area contributed by atoms with Gasteiger partial charge in [0.15, 0.2) is 0 Å². The van der Waals surface area contributed by atoms with E-state index in [4.69, 9.17) is 0 Å². The molecule has 0 saturated heterocycles. The Balaban J connectivity index is 2.75. The molecule has 0 heterocycles. The monoisotopic (exact) mass is 401 g/mol. The molecule has 0 fully saturated rings. The van der Waals surface area contributed by atoms with E-state index >= 15 is 0 Å². The van der Waals surface area contributed by atoms with Crippen LogP contribution in [0.5, 0.6) is 0 Å². The zero-order valence-electron chi connectivity index (χ0n) is 18.6. The first-order valence-electron chi connectivity index (χ1n) is 10.3. The van der Waals surface area contributed by atoms with Crippen molar-refractivity contribution in [2.24, 2.45) is 0 Å². The van der Waals surface area contributed by atoms with Crippen molar-refractivity contribution in [3.05, 3.63) is 58.1 Å². The molecule has 2 rings (SSSR count). The normalized spacial score (nSPS) is 12.2. The number of sulfonamides is 1. The number of para-hydroxylation sites is 1. The van der Waals surface area contributed by atoms with Crippen LogP contribution in [0.2, 0.25) is 0 Å². The Kier molecular flexibility index (Phi) is 6.97. The maximum Gasteiger partial charge on any atom is 0.262 e. The van der Waals surface area contributed by atoms with E-state index in [0.717, 1.165) is 28.7 Å². The standard InChI is InChI=1S/C24H35NO2S/c1-9-19-12-10-11-18(8)23(19)25-28(26,27)24-21(16(4)5)13-20(15(2)3)14-22(24)17(6)7/h10-17,25H,9H2,1-8H3. The maximum atomic E-state index is 13.6. The average Bonchev–Trinajstić information content (AvgIpc) is 2.61. The number of aryl methyl sites for hydroxylation is 2. The van der Waals surface area contributed by atoms with Gasteiger partial charge >= 0.3 is 0 Å². The Bertz CT molecular complexity index is 912. The largest absolute Gasteiger partial charge is 0.279 e. The van der Waals surface area contributed by atoms with Crippen LogP contribution in [0.4, 0.5) is 5.69 Å². The number of benzene rings is 2. The zero-order valence-corrected chi connectivity index (χ0v) is 19.4. The molecule has 0 unspecified atom stereocenters. The topological polar surface area (TPSA) is 46.2 Å². The number of rotatable bonds is 7. The highest BCUT2D eigenvalue weighted by atomic mass is 32.2. The summed E-state index contributed by atoms with van der Waals surface area (Å²) in [5, 5.41) is 0. The van der Waals surface area contributed by atoms with E-state index < -0.39 is 10.0 Å². The lowest BCUT2D eigenvalue weighted by Gasteiger charge is -2.24. The molecule has 1 N–H and O–H groups in total. The molecule has 0 aromatic heterocycles. The number of nitrogens with one attached hydrogen (secondary N) is 1. The highest BCUT2D eigenvalue weighted by Crippen LogP contribution is 2.36. The SMILES string of the molecule is CCc1cccc(C)c1NS(=O)(=O)c1c(C(C)C)cc(C(C)C)cc1C(C)C. The molecule has 0 amide bonds. The fourth-order valence-electron chi connectivity index (χ4n) is 3.55. The molecule has 0 aliphatic heterocycles. The van der Waals surface area contributed by atoms with Gasteiger partial charge in [-0.05, 0) is 58.9 Å². The average molecular weight is 402 g/mol. The second-order valence-electron chi connectivity index (χ2n) is 8.56. The zero-order chi connectivity index (χ0) is 21.2. The lowest BCUT2D eigenvalue weighted by atomic mass is 9.89. The van der Waals surface area contributed by atoms with E-state index in [1.165, 1.54) is 5.56 Å². The molecule has 0 atom stereocenters. The Morgan fingerprint density at radius 1 is 0.893 bits per heavy atom. The third-order valence-electron chi connectivity index (χ3n) is 5.32. The molecule has 0 bridgehead atoms. The van der Waals surface area contributed by atoms with Gasteiger partial charge in [0.25, 0.3) is 10.0 Å². The first-order chi connectivity index (χ1) is 13.0. The van der Waals surface area contributed by atoms with Gasteiger partial charge in [0.1, 0.15) is 0 Å². The van der Waals surface area contributed by atoms with E-state index in [2.05, 4.69) is 58.4 Å². The minimum atomic E-state index is -3.71. The van der Waals surface area contributed by atoms with Crippen molar-refractivity contribution in [2.45, 2.75) is 84.5 Å². The molecule has 0 aliphatic carbocycles. The van der Waals surface area contributed by atoms with Crippen molar-refractivity contribution in [1.82, 2.24) is 0 Å². The van der Waals surface area contributed by atoms with Crippen LogP contribution >= 0.6 is 0 Å². The van der Waals surface area contributed by atoms with Gasteiger partial charge in [-0.25, -0.2) is 8.42 Å². The summed E-state index contributed by atoms with van der Waals surface area (Å²) in [6.45, 7) is 16.5. The third-order valence-corrected chi connectivity index (χ3v) is 6.81. The second kappa shape index (κ2) is 8.69. The van der Waals surface area contributed by atoms with Crippen LogP contribution in [0.15, 0.2) is 35.2 Å². The van der Waals surface area contributed by atoms with Gasteiger partial charge in [0.2, 0.25) is 0 Å². The smallest absolute Gasteiger partial charge is 0.262 e. The van der Waals surface area contributed by atoms with Gasteiger partial charge in [-0.3, -0.25) is 4.72 Å². The van der Waals surface area contributed by atoms with Crippen molar-refractivity contribution in [3.8, 4) is 0 Å². The maximum absolute atomic E-state index is 13.6. The highest BCUT2D eigenvalue weighted by molar-refractivity contribution is 7.92. The van der Waals surface area contributed by atoms with Gasteiger partial charge in [-0.1, -0.05) is 78.8 Å². The highest BCUT2D eigenvalue weighted by Gasteiger charge is 2.27. The molecule has 0 radical (unpaired) electrons. The summed E-state index contributed by atoms with van der Waals surface area (Å²) in [6, 6.07) is 10.1. The molecule has 2 aromatic carbocycles. The predicted molar refractivity (Wildman–Crippen MR) is 120 cm³/mol. The lowest BCUT2D eigenvalue weighted by Crippen LogP contribution is -2.20. The molecule has 3 nitrogen and oxygen atoms in total. The summed E-state index contributed by atoms with van der Waals surface area (Å²) in [5.74, 6) is 0.582. The van der Waals surface area contributed by atoms with Gasteiger partial charge in [0.05, 0.1) is 10.6 Å². The Labute approximate surface area is 171 Å². The predicted octanol–water partition coefficient (Wildman–Crippen LogP) is 6.73. The third kappa shape index (κ3) is 4.60. The molecule has 0 saturated carbocycles. The molecular formula is C24H35NO2S. The van der Waals surface area contributed by atoms with Crippen molar-refractivity contribution in [3.63, 3.8) is 0 Å². The summed E-state index contributed by atoms with van der Waals surface area (Å²) >= 11 is 0. The fourth-order valence-corrected chi connectivity index (χ4v) is 5.43. The molecule has 4 heteroatoms. The number of anilines is 1. The van der Waals surface area contributed by atoms with Gasteiger partial charge in [-0.2, -0.15) is 0 Å². The number of hydrogen-bond donors (Lipinski definition) is 1. The van der Waals surface area contributed by atoms with Crippen molar-refractivity contribution in [2.75, 3.05) is 4.72 Å². The van der Waals surface area contributed by atoms with Crippen molar-refractivity contribution < 1.29 is 8.42 Å². The fraction of sp³-hybridized carbons (Fsp3) is 0.500. The van der Waals surface area contributed by atoms with Crippen molar-refractivity contribution >= 4 is 15.7 Å². The van der Waals surface area contributed by atoms with Crippen molar-refractivity contribution in [1.29, 1.82) is 0 Å². The second-order valence-corrected chi connectivity index (χ2v) is 10.2. The van der Waals surface area contributed by atoms with Crippen LogP contribution in [0.1, 0.15) is 94.0 Å². The van der Waals surface area contributed by atoms with E-state index in [0.29, 0.717) is 16.5 Å². The molecular weight excluding hydrogens is 366 g/mol. The Morgan fingerprint density at radius 2 is 1.43 bits per heavy atom. The lowest BCUT2D eigenvalue weighted by molar-refractivity contribution is 0.595. The van der Waals surface area contributed by atoms with Crippen LogP contribution in [-0.2, 0) is 16.4 Å². The molecule has 28 heavy (non-hydrogen) atoms. The summed E-state index contributed by atoms with van der Waals surface area (Å²) < 4.78 is 30.2. The van der Waals surface area contributed by atoms with E-state index in [-0.39, 0.29) is 11.8 Å². The summed E-state index contributed by atoms with van der Waals surface area (Å²) in [5.41, 5.74) is 5.65. The van der Waals surface area contributed by atoms with Gasteiger partial charge in [0, 0.05) is 0 Å². The Hall–Kier alpha value is -1.81. The van der Waals surface area contributed by atoms with Crippen LogP contribution < -0.4 is 4.72 Å². The Morgan fingerprint density at radius 3 is 1.86 bits per heavy atom. The van der Waals surface area contributed by atoms with E-state index in [1.54, 1.807) is 0 Å². The van der Waals surface area contributed by atoms with E-state index in [1.807, 2.05) is 32.0 Å². The van der Waals surface area contributed by atoms with Gasteiger partial charge < -0.3 is 0 Å². The van der Waals surface area contributed by atoms with Crippen LogP contribution in [0.25, 0.3) is 0 Å². The first kappa shape index (κ1) is 22.5. The minimum Gasteiger partial charge on any atom is -0.279 e. The molecule has 0 spiro atoms. The summed E-state index contributed by atoms with van der Waals surface area (Å²) in [7, 11) is -3.71. The quantitative estimate of drug-likeness (QED) is 0.559. The van der Waals surface area contributed by atoms with Crippen LogP contribution in [-0.4, -0.2) is 8.42 Å². The molecule has 0 aliphatic rings. The first-order valence-corrected chi connectivity index (χ1v) is 11.8. The molecule has 2 aromatic rings. The minimum absolute atomic E-state index is 0.116. The van der Waals surface area contributed by atoms with Crippen LogP contribution in [0.3, 0.4) is 0 Å². The summed E-state index contributed by atoms with van der Waals surface area (Å²) in [6.07, 6.45) is 0.778. The van der Waals surface area contributed by atoms with Gasteiger partial charge in [-0.15, -0.1) is 0 Å². The van der Waals surface area contributed by atoms with Crippen LogP contribution in [0, 0.1) is 6.92 Å². The van der Waals surface area contributed by atoms with E-state index in [9.17, 15) is 8.42 Å².